The minimum atomic E-state index is -0.839. The van der Waals surface area contributed by atoms with Gasteiger partial charge in [-0.1, -0.05) is 24.3 Å². The summed E-state index contributed by atoms with van der Waals surface area (Å²) in [5, 5.41) is 4.49. The molecule has 1 aromatic carbocycles. The van der Waals surface area contributed by atoms with E-state index in [9.17, 15) is 18.8 Å². The molecule has 3 amide bonds. The van der Waals surface area contributed by atoms with Crippen LogP contribution in [0.15, 0.2) is 41.8 Å². The zero-order chi connectivity index (χ0) is 20.1. The molecule has 6 nitrogen and oxygen atoms in total. The summed E-state index contributed by atoms with van der Waals surface area (Å²) < 4.78 is 14.0. The number of rotatable bonds is 5. The molecule has 0 spiro atoms. The van der Waals surface area contributed by atoms with Crippen LogP contribution in [-0.4, -0.2) is 59.7 Å². The van der Waals surface area contributed by atoms with E-state index in [0.29, 0.717) is 36.6 Å². The van der Waals surface area contributed by atoms with E-state index in [1.807, 2.05) is 11.4 Å². The van der Waals surface area contributed by atoms with Gasteiger partial charge < -0.3 is 15.1 Å². The highest BCUT2D eigenvalue weighted by Gasteiger charge is 2.30. The predicted octanol–water partition coefficient (Wildman–Crippen LogP) is 1.92. The number of piperazine rings is 1. The van der Waals surface area contributed by atoms with Gasteiger partial charge in [-0.2, -0.15) is 0 Å². The molecular weight excluding hydrogens is 381 g/mol. The van der Waals surface area contributed by atoms with E-state index in [4.69, 9.17) is 0 Å². The Hall–Kier alpha value is -2.74. The van der Waals surface area contributed by atoms with Gasteiger partial charge in [0.15, 0.2) is 0 Å². The van der Waals surface area contributed by atoms with E-state index >= 15 is 0 Å². The minimum absolute atomic E-state index is 0.0353. The quantitative estimate of drug-likeness (QED) is 0.829. The number of thiophene rings is 1. The number of amides is 3. The highest BCUT2D eigenvalue weighted by atomic mass is 32.1. The summed E-state index contributed by atoms with van der Waals surface area (Å²) in [5.74, 6) is -1.05. The van der Waals surface area contributed by atoms with Crippen LogP contribution >= 0.6 is 11.3 Å². The first kappa shape index (κ1) is 20.0. The summed E-state index contributed by atoms with van der Waals surface area (Å²) in [6.45, 7) is 2.94. The SMILES string of the molecule is CC(=O)NC(Cc1ccccc1F)C(=O)N1CCN(C(=O)c2cccs2)CC1. The van der Waals surface area contributed by atoms with E-state index in [-0.39, 0.29) is 24.1 Å². The first-order chi connectivity index (χ1) is 13.5. The van der Waals surface area contributed by atoms with Crippen LogP contribution < -0.4 is 5.32 Å². The molecule has 1 aliphatic heterocycles. The molecule has 28 heavy (non-hydrogen) atoms. The molecule has 1 saturated heterocycles. The highest BCUT2D eigenvalue weighted by Crippen LogP contribution is 2.15. The molecule has 1 N–H and O–H groups in total. The molecule has 0 bridgehead atoms. The second-order valence-electron chi connectivity index (χ2n) is 6.64. The van der Waals surface area contributed by atoms with Crippen molar-refractivity contribution in [1.82, 2.24) is 15.1 Å². The number of hydrogen-bond donors (Lipinski definition) is 1. The molecule has 2 heterocycles. The third-order valence-corrected chi connectivity index (χ3v) is 5.53. The summed E-state index contributed by atoms with van der Waals surface area (Å²) in [7, 11) is 0. The second kappa shape index (κ2) is 8.97. The Balaban J connectivity index is 1.64. The molecule has 148 valence electrons. The van der Waals surface area contributed by atoms with Crippen LogP contribution in [0.4, 0.5) is 4.39 Å². The van der Waals surface area contributed by atoms with Crippen LogP contribution in [0.25, 0.3) is 0 Å². The number of nitrogens with zero attached hydrogens (tertiary/aromatic N) is 2. The molecule has 8 heteroatoms. The molecule has 2 aromatic rings. The number of benzene rings is 1. The Morgan fingerprint density at radius 3 is 2.36 bits per heavy atom. The van der Waals surface area contributed by atoms with Crippen molar-refractivity contribution in [2.45, 2.75) is 19.4 Å². The summed E-state index contributed by atoms with van der Waals surface area (Å²) in [5.41, 5.74) is 0.376. The lowest BCUT2D eigenvalue weighted by Crippen LogP contribution is -2.56. The van der Waals surface area contributed by atoms with Crippen molar-refractivity contribution >= 4 is 29.1 Å². The zero-order valence-corrected chi connectivity index (χ0v) is 16.4. The van der Waals surface area contributed by atoms with Crippen molar-refractivity contribution in [1.29, 1.82) is 0 Å². The molecule has 1 atom stereocenters. The van der Waals surface area contributed by atoms with Crippen LogP contribution in [-0.2, 0) is 16.0 Å². The smallest absolute Gasteiger partial charge is 0.264 e. The van der Waals surface area contributed by atoms with Gasteiger partial charge in [0.1, 0.15) is 11.9 Å². The topological polar surface area (TPSA) is 69.7 Å². The zero-order valence-electron chi connectivity index (χ0n) is 15.6. The Bertz CT molecular complexity index is 848. The van der Waals surface area contributed by atoms with Gasteiger partial charge in [0.25, 0.3) is 5.91 Å². The van der Waals surface area contributed by atoms with Crippen molar-refractivity contribution < 1.29 is 18.8 Å². The van der Waals surface area contributed by atoms with Crippen LogP contribution in [0.5, 0.6) is 0 Å². The molecule has 1 aromatic heterocycles. The average Bonchev–Trinajstić information content (AvgIpc) is 3.22. The number of carbonyl (C=O) groups is 3. The summed E-state index contributed by atoms with van der Waals surface area (Å²) in [6.07, 6.45) is 0.0828. The maximum absolute atomic E-state index is 14.0. The first-order valence-corrected chi connectivity index (χ1v) is 9.95. The Morgan fingerprint density at radius 1 is 1.07 bits per heavy atom. The lowest BCUT2D eigenvalue weighted by molar-refractivity contribution is -0.137. The standard InChI is InChI=1S/C20H22FN3O3S/c1-14(25)22-17(13-15-5-2-3-6-16(15)21)19(26)23-8-10-24(11-9-23)20(27)18-7-4-12-28-18/h2-7,12,17H,8-11,13H2,1H3,(H,22,25). The lowest BCUT2D eigenvalue weighted by atomic mass is 10.0. The van der Waals surface area contributed by atoms with Crippen LogP contribution in [0.1, 0.15) is 22.2 Å². The van der Waals surface area contributed by atoms with Gasteiger partial charge >= 0.3 is 0 Å². The fourth-order valence-electron chi connectivity index (χ4n) is 3.24. The third kappa shape index (κ3) is 4.75. The van der Waals surface area contributed by atoms with Gasteiger partial charge in [-0.25, -0.2) is 4.39 Å². The molecule has 3 rings (SSSR count). The Kier molecular flexibility index (Phi) is 6.41. The summed E-state index contributed by atoms with van der Waals surface area (Å²) in [4.78, 5) is 41.0. The fraction of sp³-hybridized carbons (Fsp3) is 0.350. The normalized spacial score (nSPS) is 15.2. The summed E-state index contributed by atoms with van der Waals surface area (Å²) >= 11 is 1.39. The van der Waals surface area contributed by atoms with Crippen molar-refractivity contribution in [3.63, 3.8) is 0 Å². The van der Waals surface area contributed by atoms with Gasteiger partial charge in [-0.05, 0) is 23.1 Å². The molecular formula is C20H22FN3O3S. The average molecular weight is 403 g/mol. The van der Waals surface area contributed by atoms with Gasteiger partial charge in [-0.3, -0.25) is 14.4 Å². The van der Waals surface area contributed by atoms with Crippen LogP contribution in [0.2, 0.25) is 0 Å². The van der Waals surface area contributed by atoms with Crippen molar-refractivity contribution in [2.75, 3.05) is 26.2 Å². The monoisotopic (exact) mass is 403 g/mol. The van der Waals surface area contributed by atoms with E-state index < -0.39 is 11.9 Å². The lowest BCUT2D eigenvalue weighted by Gasteiger charge is -2.36. The van der Waals surface area contributed by atoms with Gasteiger partial charge in [0, 0.05) is 39.5 Å². The second-order valence-corrected chi connectivity index (χ2v) is 7.59. The fourth-order valence-corrected chi connectivity index (χ4v) is 3.93. The van der Waals surface area contributed by atoms with Crippen molar-refractivity contribution in [3.05, 3.63) is 58.0 Å². The molecule has 1 aliphatic rings. The van der Waals surface area contributed by atoms with Gasteiger partial charge in [0.05, 0.1) is 4.88 Å². The molecule has 1 unspecified atom stereocenters. The molecule has 1 fully saturated rings. The largest absolute Gasteiger partial charge is 0.344 e. The number of carbonyl (C=O) groups excluding carboxylic acids is 3. The van der Waals surface area contributed by atoms with Gasteiger partial charge in [-0.15, -0.1) is 11.3 Å². The molecule has 0 aliphatic carbocycles. The Labute approximate surface area is 166 Å². The third-order valence-electron chi connectivity index (χ3n) is 4.67. The van der Waals surface area contributed by atoms with Crippen molar-refractivity contribution in [2.24, 2.45) is 0 Å². The predicted molar refractivity (Wildman–Crippen MR) is 105 cm³/mol. The highest BCUT2D eigenvalue weighted by molar-refractivity contribution is 7.12. The van der Waals surface area contributed by atoms with E-state index in [1.165, 1.54) is 24.3 Å². The molecule has 0 radical (unpaired) electrons. The van der Waals surface area contributed by atoms with E-state index in [0.717, 1.165) is 0 Å². The van der Waals surface area contributed by atoms with Crippen LogP contribution in [0.3, 0.4) is 0 Å². The maximum Gasteiger partial charge on any atom is 0.264 e. The Morgan fingerprint density at radius 2 is 1.75 bits per heavy atom. The molecule has 0 saturated carbocycles. The minimum Gasteiger partial charge on any atom is -0.344 e. The number of halogens is 1. The van der Waals surface area contributed by atoms with E-state index in [1.54, 1.807) is 34.1 Å². The number of nitrogens with one attached hydrogen (secondary N) is 1. The van der Waals surface area contributed by atoms with E-state index in [2.05, 4.69) is 5.32 Å². The van der Waals surface area contributed by atoms with Crippen LogP contribution in [0, 0.1) is 5.82 Å². The number of hydrogen-bond acceptors (Lipinski definition) is 4. The maximum atomic E-state index is 14.0. The first-order valence-electron chi connectivity index (χ1n) is 9.08. The van der Waals surface area contributed by atoms with Crippen molar-refractivity contribution in [3.8, 4) is 0 Å². The van der Waals surface area contributed by atoms with Gasteiger partial charge in [0.2, 0.25) is 11.8 Å². The summed E-state index contributed by atoms with van der Waals surface area (Å²) in [6, 6.07) is 8.99.